The first-order chi connectivity index (χ1) is 14.9. The standard InChI is InChI=1S/C29H53N.ClH/c1-3-26-30(27-4-2)28-22-17-15-13-11-9-7-5-6-8-10-12-14-16-19-23-29-24-20-18-21-25-29;/h18,20-21,24-25H,3-17,19,22-23,26-28H2,1-2H3;1H. The second-order valence-electron chi connectivity index (χ2n) is 9.38. The van der Waals surface area contributed by atoms with Gasteiger partial charge in [0, 0.05) is 0 Å². The SMILES string of the molecule is CCCN(CCC)CCCCCCCCCCCCCCCCCc1ccccc1.Cl. The van der Waals surface area contributed by atoms with Gasteiger partial charge in [-0.3, -0.25) is 0 Å². The summed E-state index contributed by atoms with van der Waals surface area (Å²) in [5.41, 5.74) is 1.50. The summed E-state index contributed by atoms with van der Waals surface area (Å²) < 4.78 is 0. The molecule has 0 saturated carbocycles. The molecule has 0 unspecified atom stereocenters. The summed E-state index contributed by atoms with van der Waals surface area (Å²) in [5, 5.41) is 0. The molecule has 0 heterocycles. The Morgan fingerprint density at radius 2 is 0.871 bits per heavy atom. The minimum absolute atomic E-state index is 0. The molecule has 1 aromatic rings. The first-order valence-corrected chi connectivity index (χ1v) is 13.6. The molecule has 0 aromatic heterocycles. The van der Waals surface area contributed by atoms with Gasteiger partial charge in [0.2, 0.25) is 0 Å². The van der Waals surface area contributed by atoms with E-state index in [0.29, 0.717) is 0 Å². The predicted octanol–water partition coefficient (Wildman–Crippen LogP) is 9.62. The van der Waals surface area contributed by atoms with Crippen molar-refractivity contribution in [3.8, 4) is 0 Å². The Bertz CT molecular complexity index is 441. The molecule has 0 aliphatic rings. The van der Waals surface area contributed by atoms with E-state index in [2.05, 4.69) is 49.1 Å². The minimum Gasteiger partial charge on any atom is -0.303 e. The molecule has 0 aliphatic carbocycles. The molecular weight excluding hydrogens is 398 g/mol. The zero-order chi connectivity index (χ0) is 21.5. The molecule has 1 rings (SSSR count). The Hall–Kier alpha value is -0.530. The van der Waals surface area contributed by atoms with Crippen molar-refractivity contribution in [2.75, 3.05) is 19.6 Å². The van der Waals surface area contributed by atoms with E-state index in [4.69, 9.17) is 0 Å². The van der Waals surface area contributed by atoms with Crippen LogP contribution in [0, 0.1) is 0 Å². The van der Waals surface area contributed by atoms with Gasteiger partial charge < -0.3 is 4.90 Å². The van der Waals surface area contributed by atoms with E-state index in [9.17, 15) is 0 Å². The van der Waals surface area contributed by atoms with Gasteiger partial charge in [0.05, 0.1) is 0 Å². The zero-order valence-electron chi connectivity index (χ0n) is 21.1. The Balaban J connectivity index is 0.00000900. The molecule has 0 saturated heterocycles. The third-order valence-corrected chi connectivity index (χ3v) is 6.36. The molecule has 1 nitrogen and oxygen atoms in total. The summed E-state index contributed by atoms with van der Waals surface area (Å²) in [6, 6.07) is 10.9. The van der Waals surface area contributed by atoms with Crippen LogP contribution in [0.5, 0.6) is 0 Å². The lowest BCUT2D eigenvalue weighted by molar-refractivity contribution is 0.267. The number of rotatable bonds is 22. The molecule has 0 amide bonds. The van der Waals surface area contributed by atoms with Gasteiger partial charge in [-0.1, -0.05) is 128 Å². The van der Waals surface area contributed by atoms with E-state index in [0.717, 1.165) is 0 Å². The van der Waals surface area contributed by atoms with Crippen molar-refractivity contribution < 1.29 is 0 Å². The topological polar surface area (TPSA) is 3.24 Å². The Morgan fingerprint density at radius 3 is 1.29 bits per heavy atom. The van der Waals surface area contributed by atoms with Gasteiger partial charge in [0.1, 0.15) is 0 Å². The van der Waals surface area contributed by atoms with Crippen LogP contribution in [-0.4, -0.2) is 24.5 Å². The molecular formula is C29H54ClN. The number of aryl methyl sites for hydroxylation is 1. The maximum absolute atomic E-state index is 2.66. The average Bonchev–Trinajstić information content (AvgIpc) is 2.77. The van der Waals surface area contributed by atoms with Crippen LogP contribution < -0.4 is 0 Å². The third kappa shape index (κ3) is 19.9. The molecule has 182 valence electrons. The lowest BCUT2D eigenvalue weighted by atomic mass is 10.0. The van der Waals surface area contributed by atoms with Crippen LogP contribution in [0.3, 0.4) is 0 Å². The number of benzene rings is 1. The third-order valence-electron chi connectivity index (χ3n) is 6.36. The largest absolute Gasteiger partial charge is 0.303 e. The van der Waals surface area contributed by atoms with Crippen molar-refractivity contribution in [1.29, 1.82) is 0 Å². The molecule has 31 heavy (non-hydrogen) atoms. The van der Waals surface area contributed by atoms with Crippen molar-refractivity contribution in [3.05, 3.63) is 35.9 Å². The van der Waals surface area contributed by atoms with Crippen molar-refractivity contribution in [2.45, 2.75) is 129 Å². The van der Waals surface area contributed by atoms with Gasteiger partial charge in [-0.2, -0.15) is 0 Å². The van der Waals surface area contributed by atoms with Gasteiger partial charge in [0.25, 0.3) is 0 Å². The number of halogens is 1. The van der Waals surface area contributed by atoms with E-state index in [1.165, 1.54) is 141 Å². The number of hydrogen-bond acceptors (Lipinski definition) is 1. The monoisotopic (exact) mass is 451 g/mol. The van der Waals surface area contributed by atoms with E-state index in [1.807, 2.05) is 0 Å². The summed E-state index contributed by atoms with van der Waals surface area (Å²) in [4.78, 5) is 2.66. The second kappa shape index (κ2) is 24.1. The lowest BCUT2D eigenvalue weighted by Gasteiger charge is -2.20. The molecule has 1 aromatic carbocycles. The molecule has 0 fully saturated rings. The molecule has 2 heteroatoms. The first kappa shape index (κ1) is 30.5. The van der Waals surface area contributed by atoms with Crippen LogP contribution in [0.4, 0.5) is 0 Å². The maximum Gasteiger partial charge on any atom is -0.00187 e. The zero-order valence-corrected chi connectivity index (χ0v) is 21.9. The molecule has 0 N–H and O–H groups in total. The second-order valence-corrected chi connectivity index (χ2v) is 9.38. The molecule has 0 atom stereocenters. The van der Waals surface area contributed by atoms with E-state index < -0.39 is 0 Å². The van der Waals surface area contributed by atoms with Crippen LogP contribution in [-0.2, 0) is 6.42 Å². The number of unbranched alkanes of at least 4 members (excludes halogenated alkanes) is 14. The molecule has 0 spiro atoms. The highest BCUT2D eigenvalue weighted by molar-refractivity contribution is 5.85. The van der Waals surface area contributed by atoms with Crippen LogP contribution in [0.2, 0.25) is 0 Å². The molecule has 0 bridgehead atoms. The average molecular weight is 452 g/mol. The Labute approximate surface area is 202 Å². The fraction of sp³-hybridized carbons (Fsp3) is 0.793. The molecule has 0 radical (unpaired) electrons. The van der Waals surface area contributed by atoms with Gasteiger partial charge >= 0.3 is 0 Å². The lowest BCUT2D eigenvalue weighted by Crippen LogP contribution is -2.26. The summed E-state index contributed by atoms with van der Waals surface area (Å²) in [5.74, 6) is 0. The van der Waals surface area contributed by atoms with Crippen molar-refractivity contribution in [2.24, 2.45) is 0 Å². The quantitative estimate of drug-likeness (QED) is 0.158. The van der Waals surface area contributed by atoms with E-state index in [1.54, 1.807) is 0 Å². The van der Waals surface area contributed by atoms with Gasteiger partial charge in [-0.25, -0.2) is 0 Å². The van der Waals surface area contributed by atoms with Crippen molar-refractivity contribution in [1.82, 2.24) is 4.90 Å². The summed E-state index contributed by atoms with van der Waals surface area (Å²) in [6.45, 7) is 8.52. The van der Waals surface area contributed by atoms with Crippen LogP contribution >= 0.6 is 12.4 Å². The van der Waals surface area contributed by atoms with Crippen LogP contribution in [0.1, 0.15) is 129 Å². The van der Waals surface area contributed by atoms with E-state index >= 15 is 0 Å². The summed E-state index contributed by atoms with van der Waals surface area (Å²) in [7, 11) is 0. The predicted molar refractivity (Wildman–Crippen MR) is 144 cm³/mol. The Morgan fingerprint density at radius 1 is 0.484 bits per heavy atom. The normalized spacial score (nSPS) is 11.1. The van der Waals surface area contributed by atoms with Gasteiger partial charge in [0.15, 0.2) is 0 Å². The highest BCUT2D eigenvalue weighted by Crippen LogP contribution is 2.14. The first-order valence-electron chi connectivity index (χ1n) is 13.6. The van der Waals surface area contributed by atoms with Gasteiger partial charge in [-0.05, 0) is 57.3 Å². The number of hydrogen-bond donors (Lipinski definition) is 0. The smallest absolute Gasteiger partial charge is 0.00187 e. The van der Waals surface area contributed by atoms with Gasteiger partial charge in [-0.15, -0.1) is 12.4 Å². The summed E-state index contributed by atoms with van der Waals surface area (Å²) in [6.07, 6.45) is 25.5. The Kier molecular flexibility index (Phi) is 23.7. The summed E-state index contributed by atoms with van der Waals surface area (Å²) >= 11 is 0. The highest BCUT2D eigenvalue weighted by atomic mass is 35.5. The minimum atomic E-state index is 0. The fourth-order valence-corrected chi connectivity index (χ4v) is 4.58. The van der Waals surface area contributed by atoms with Crippen LogP contribution in [0.25, 0.3) is 0 Å². The fourth-order valence-electron chi connectivity index (χ4n) is 4.58. The van der Waals surface area contributed by atoms with Crippen molar-refractivity contribution in [3.63, 3.8) is 0 Å². The molecule has 0 aliphatic heterocycles. The highest BCUT2D eigenvalue weighted by Gasteiger charge is 2.01. The number of nitrogens with zero attached hydrogens (tertiary/aromatic N) is 1. The van der Waals surface area contributed by atoms with Crippen LogP contribution in [0.15, 0.2) is 30.3 Å². The van der Waals surface area contributed by atoms with Crippen molar-refractivity contribution >= 4 is 12.4 Å². The maximum atomic E-state index is 2.66. The van der Waals surface area contributed by atoms with E-state index in [-0.39, 0.29) is 12.4 Å².